The maximum atomic E-state index is 11.4. The topological polar surface area (TPSA) is 75.6 Å². The number of halogens is 1. The van der Waals surface area contributed by atoms with Crippen LogP contribution in [-0.2, 0) is 16.0 Å². The summed E-state index contributed by atoms with van der Waals surface area (Å²) in [6, 6.07) is 4.95. The molecule has 0 atom stereocenters. The first-order chi connectivity index (χ1) is 10.7. The fourth-order valence-electron chi connectivity index (χ4n) is 1.69. The number of benzene rings is 1. The average Bonchev–Trinajstić information content (AvgIpc) is 2.37. The van der Waals surface area contributed by atoms with Crippen molar-refractivity contribution in [1.29, 1.82) is 0 Å². The molecule has 0 aliphatic rings. The van der Waals surface area contributed by atoms with Gasteiger partial charge in [0, 0.05) is 23.6 Å². The predicted molar refractivity (Wildman–Crippen MR) is 88.5 cm³/mol. The van der Waals surface area contributed by atoms with Crippen LogP contribution in [0.25, 0.3) is 0 Å². The van der Waals surface area contributed by atoms with E-state index in [1.807, 2.05) is 0 Å². The zero-order valence-electron chi connectivity index (χ0n) is 13.4. The van der Waals surface area contributed by atoms with Crippen LogP contribution in [-0.4, -0.2) is 29.3 Å². The number of carboxylic acid groups (broad SMARTS) is 1. The van der Waals surface area contributed by atoms with Crippen molar-refractivity contribution in [2.45, 2.75) is 39.2 Å². The summed E-state index contributed by atoms with van der Waals surface area (Å²) in [6.45, 7) is 5.72. The third kappa shape index (κ3) is 8.12. The quantitative estimate of drug-likeness (QED) is 0.653. The molecule has 0 saturated carbocycles. The number of amides is 1. The van der Waals surface area contributed by atoms with Gasteiger partial charge < -0.3 is 15.2 Å². The zero-order valence-corrected chi connectivity index (χ0v) is 14.2. The minimum atomic E-state index is -0.943. The monoisotopic (exact) mass is 337 g/mol. The molecular weight excluding hydrogens is 318 g/mol. The minimum absolute atomic E-state index is 0.138. The number of nitrogens with one attached hydrogen (secondary N) is 1. The van der Waals surface area contributed by atoms with Crippen molar-refractivity contribution >= 4 is 23.7 Å². The van der Waals surface area contributed by atoms with Crippen LogP contribution in [0, 0.1) is 11.8 Å². The second-order valence-electron chi connectivity index (χ2n) is 5.85. The molecule has 0 fully saturated rings. The zero-order chi connectivity index (χ0) is 17.5. The van der Waals surface area contributed by atoms with Gasteiger partial charge in [-0.2, -0.15) is 0 Å². The van der Waals surface area contributed by atoms with Gasteiger partial charge in [-0.3, -0.25) is 4.79 Å². The fraction of sp³-hybridized carbons (Fsp3) is 0.412. The molecule has 1 amide bonds. The van der Waals surface area contributed by atoms with Crippen LogP contribution in [0.1, 0.15) is 38.3 Å². The number of rotatable bonds is 4. The van der Waals surface area contributed by atoms with Crippen molar-refractivity contribution in [3.63, 3.8) is 0 Å². The van der Waals surface area contributed by atoms with E-state index in [1.54, 1.807) is 39.0 Å². The number of alkyl carbamates (subject to hydrolysis) is 1. The number of aliphatic carboxylic acids is 1. The Kier molecular flexibility index (Phi) is 6.92. The Morgan fingerprint density at radius 1 is 1.35 bits per heavy atom. The van der Waals surface area contributed by atoms with Crippen LogP contribution in [0.15, 0.2) is 18.2 Å². The maximum Gasteiger partial charge on any atom is 0.407 e. The van der Waals surface area contributed by atoms with Crippen molar-refractivity contribution in [1.82, 2.24) is 5.32 Å². The Balaban J connectivity index is 2.57. The Bertz CT molecular complexity index is 638. The van der Waals surface area contributed by atoms with Gasteiger partial charge in [-0.25, -0.2) is 4.79 Å². The summed E-state index contributed by atoms with van der Waals surface area (Å²) in [6.07, 6.45) is -0.202. The van der Waals surface area contributed by atoms with E-state index in [9.17, 15) is 9.59 Å². The normalized spacial score (nSPS) is 10.4. The van der Waals surface area contributed by atoms with E-state index < -0.39 is 17.7 Å². The molecule has 1 rings (SSSR count). The van der Waals surface area contributed by atoms with Crippen LogP contribution in [0.2, 0.25) is 5.02 Å². The average molecular weight is 338 g/mol. The first-order valence-corrected chi connectivity index (χ1v) is 7.51. The molecule has 5 nitrogen and oxygen atoms in total. The number of carboxylic acids is 1. The number of hydrogen-bond donors (Lipinski definition) is 2. The second-order valence-corrected chi connectivity index (χ2v) is 6.29. The Hall–Kier alpha value is -2.19. The van der Waals surface area contributed by atoms with E-state index in [0.29, 0.717) is 29.1 Å². The molecule has 0 aromatic heterocycles. The highest BCUT2D eigenvalue weighted by atomic mass is 35.5. The van der Waals surface area contributed by atoms with Crippen LogP contribution in [0.3, 0.4) is 0 Å². The third-order valence-corrected chi connectivity index (χ3v) is 2.79. The summed E-state index contributed by atoms with van der Waals surface area (Å²) in [4.78, 5) is 22.3. The van der Waals surface area contributed by atoms with E-state index in [4.69, 9.17) is 21.4 Å². The van der Waals surface area contributed by atoms with Crippen molar-refractivity contribution < 1.29 is 19.4 Å². The summed E-state index contributed by atoms with van der Waals surface area (Å²) in [5.74, 6) is 4.86. The highest BCUT2D eigenvalue weighted by Gasteiger charge is 2.15. The standard InChI is InChI=1S/C17H20ClNO4/c1-17(2,3)23-16(22)19-9-5-4-6-12-7-8-14(18)10-13(12)11-15(20)21/h7-8,10H,5,9,11H2,1-3H3,(H,19,22)(H,20,21). The fourth-order valence-corrected chi connectivity index (χ4v) is 1.89. The lowest BCUT2D eigenvalue weighted by Gasteiger charge is -2.19. The third-order valence-electron chi connectivity index (χ3n) is 2.55. The van der Waals surface area contributed by atoms with Gasteiger partial charge >= 0.3 is 12.1 Å². The van der Waals surface area contributed by atoms with E-state index in [-0.39, 0.29) is 6.42 Å². The van der Waals surface area contributed by atoms with Gasteiger partial charge in [0.25, 0.3) is 0 Å². The van der Waals surface area contributed by atoms with E-state index in [2.05, 4.69) is 17.2 Å². The highest BCUT2D eigenvalue weighted by Crippen LogP contribution is 2.16. The van der Waals surface area contributed by atoms with Crippen molar-refractivity contribution in [2.75, 3.05) is 6.54 Å². The molecule has 0 aliphatic carbocycles. The number of ether oxygens (including phenoxy) is 1. The van der Waals surface area contributed by atoms with Gasteiger partial charge in [0.05, 0.1) is 6.42 Å². The smallest absolute Gasteiger partial charge is 0.407 e. The Morgan fingerprint density at radius 2 is 2.04 bits per heavy atom. The Morgan fingerprint density at radius 3 is 2.65 bits per heavy atom. The SMILES string of the molecule is CC(C)(C)OC(=O)NCCC#Cc1ccc(Cl)cc1CC(=O)O. The van der Waals surface area contributed by atoms with Crippen LogP contribution >= 0.6 is 11.6 Å². The van der Waals surface area contributed by atoms with E-state index >= 15 is 0 Å². The largest absolute Gasteiger partial charge is 0.481 e. The molecule has 0 heterocycles. The molecule has 2 N–H and O–H groups in total. The van der Waals surface area contributed by atoms with Gasteiger partial charge in [0.1, 0.15) is 5.60 Å². The number of carbonyl (C=O) groups is 2. The number of hydrogen-bond acceptors (Lipinski definition) is 3. The molecule has 124 valence electrons. The first-order valence-electron chi connectivity index (χ1n) is 7.13. The number of carbonyl (C=O) groups excluding carboxylic acids is 1. The summed E-state index contributed by atoms with van der Waals surface area (Å²) < 4.78 is 5.10. The first kappa shape index (κ1) is 18.9. The lowest BCUT2D eigenvalue weighted by Crippen LogP contribution is -2.32. The summed E-state index contributed by atoms with van der Waals surface area (Å²) in [5.41, 5.74) is 0.650. The molecule has 0 aliphatic heterocycles. The molecule has 1 aromatic rings. The lowest BCUT2D eigenvalue weighted by molar-refractivity contribution is -0.136. The van der Waals surface area contributed by atoms with Crippen LogP contribution in [0.5, 0.6) is 0 Å². The molecule has 23 heavy (non-hydrogen) atoms. The molecule has 0 radical (unpaired) electrons. The summed E-state index contributed by atoms with van der Waals surface area (Å²) in [7, 11) is 0. The lowest BCUT2D eigenvalue weighted by atomic mass is 10.0. The van der Waals surface area contributed by atoms with Crippen LogP contribution in [0.4, 0.5) is 4.79 Å². The molecule has 0 unspecified atom stereocenters. The van der Waals surface area contributed by atoms with Gasteiger partial charge in [-0.1, -0.05) is 23.4 Å². The van der Waals surface area contributed by atoms with Crippen molar-refractivity contribution in [3.8, 4) is 11.8 Å². The maximum absolute atomic E-state index is 11.4. The molecule has 0 saturated heterocycles. The van der Waals surface area contributed by atoms with Gasteiger partial charge in [-0.15, -0.1) is 0 Å². The molecule has 0 spiro atoms. The molecule has 6 heteroatoms. The van der Waals surface area contributed by atoms with E-state index in [0.717, 1.165) is 0 Å². The Labute approximate surface area is 141 Å². The van der Waals surface area contributed by atoms with Crippen LogP contribution < -0.4 is 5.32 Å². The highest BCUT2D eigenvalue weighted by molar-refractivity contribution is 6.30. The molecule has 0 bridgehead atoms. The molecular formula is C17H20ClNO4. The summed E-state index contributed by atoms with van der Waals surface area (Å²) >= 11 is 5.87. The van der Waals surface area contributed by atoms with Crippen molar-refractivity contribution in [2.24, 2.45) is 0 Å². The van der Waals surface area contributed by atoms with Crippen molar-refractivity contribution in [3.05, 3.63) is 34.3 Å². The summed E-state index contributed by atoms with van der Waals surface area (Å²) in [5, 5.41) is 12.0. The molecule has 1 aromatic carbocycles. The minimum Gasteiger partial charge on any atom is -0.481 e. The second kappa shape index (κ2) is 8.44. The van der Waals surface area contributed by atoms with Gasteiger partial charge in [-0.05, 0) is 44.5 Å². The van der Waals surface area contributed by atoms with Gasteiger partial charge in [0.15, 0.2) is 0 Å². The van der Waals surface area contributed by atoms with E-state index in [1.165, 1.54) is 0 Å². The predicted octanol–water partition coefficient (Wildman–Crippen LogP) is 3.23. The van der Waals surface area contributed by atoms with Gasteiger partial charge in [0.2, 0.25) is 0 Å².